The number of carboxylic acid groups (broad SMARTS) is 1. The number of aromatic carboxylic acids is 1. The number of carbonyl (C=O) groups excluding carboxylic acids is 1. The average molecular weight is 283 g/mol. The molecule has 2 unspecified atom stereocenters. The van der Waals surface area contributed by atoms with Gasteiger partial charge in [0.15, 0.2) is 0 Å². The molecule has 1 aliphatic heterocycles. The maximum atomic E-state index is 12.1. The third kappa shape index (κ3) is 3.05. The summed E-state index contributed by atoms with van der Waals surface area (Å²) in [5.74, 6) is -1.06. The van der Waals surface area contributed by atoms with Crippen molar-refractivity contribution in [3.63, 3.8) is 0 Å². The van der Waals surface area contributed by atoms with E-state index in [2.05, 4.69) is 10.6 Å². The molecule has 1 aliphatic rings. The molecule has 1 fully saturated rings. The number of nitrogens with one attached hydrogen (secondary N) is 2. The van der Waals surface area contributed by atoms with E-state index in [0.29, 0.717) is 17.3 Å². The van der Waals surface area contributed by atoms with Crippen LogP contribution in [0.1, 0.15) is 17.3 Å². The summed E-state index contributed by atoms with van der Waals surface area (Å²) in [6, 6.07) is 4.24. The number of anilines is 1. The molecule has 1 aromatic carbocycles. The normalized spacial score (nSPS) is 22.2. The molecule has 19 heavy (non-hydrogen) atoms. The van der Waals surface area contributed by atoms with Crippen molar-refractivity contribution in [3.8, 4) is 0 Å². The first-order valence-corrected chi connectivity index (χ1v) is 6.41. The van der Waals surface area contributed by atoms with E-state index in [1.165, 1.54) is 18.2 Å². The van der Waals surface area contributed by atoms with Gasteiger partial charge in [0.05, 0.1) is 22.2 Å². The Hall–Kier alpha value is -1.59. The van der Waals surface area contributed by atoms with Crippen LogP contribution in [0.4, 0.5) is 5.69 Å². The predicted molar refractivity (Wildman–Crippen MR) is 72.6 cm³/mol. The minimum Gasteiger partial charge on any atom is -0.478 e. The number of amides is 1. The average Bonchev–Trinajstić information content (AvgIpc) is 2.78. The van der Waals surface area contributed by atoms with Crippen LogP contribution in [0.5, 0.6) is 0 Å². The van der Waals surface area contributed by atoms with Crippen LogP contribution in [0.15, 0.2) is 18.2 Å². The zero-order valence-electron chi connectivity index (χ0n) is 10.4. The number of carboxylic acids is 1. The number of benzene rings is 1. The Morgan fingerprint density at radius 3 is 2.74 bits per heavy atom. The number of carbonyl (C=O) groups is 2. The molecule has 3 N–H and O–H groups in total. The second kappa shape index (κ2) is 5.59. The van der Waals surface area contributed by atoms with Crippen molar-refractivity contribution in [2.24, 2.45) is 11.8 Å². The van der Waals surface area contributed by atoms with Gasteiger partial charge in [-0.1, -0.05) is 18.5 Å². The van der Waals surface area contributed by atoms with Gasteiger partial charge in [-0.15, -0.1) is 0 Å². The van der Waals surface area contributed by atoms with E-state index in [0.717, 1.165) is 6.54 Å². The minimum absolute atomic E-state index is 0.0947. The SMILES string of the molecule is CC1CNCC1C(=O)Nc1cc(C(=O)O)ccc1Cl. The molecule has 1 aromatic rings. The summed E-state index contributed by atoms with van der Waals surface area (Å²) in [5.41, 5.74) is 0.433. The van der Waals surface area contributed by atoms with Gasteiger partial charge in [0.25, 0.3) is 0 Å². The molecular formula is C13H15ClN2O3. The minimum atomic E-state index is -1.05. The first kappa shape index (κ1) is 13.8. The van der Waals surface area contributed by atoms with Gasteiger partial charge in [0.2, 0.25) is 5.91 Å². The maximum Gasteiger partial charge on any atom is 0.335 e. The lowest BCUT2D eigenvalue weighted by Gasteiger charge is -2.15. The lowest BCUT2D eigenvalue weighted by molar-refractivity contribution is -0.120. The van der Waals surface area contributed by atoms with Crippen LogP contribution in [0.3, 0.4) is 0 Å². The van der Waals surface area contributed by atoms with E-state index >= 15 is 0 Å². The second-order valence-corrected chi connectivity index (χ2v) is 5.14. The molecular weight excluding hydrogens is 268 g/mol. The molecule has 0 bridgehead atoms. The lowest BCUT2D eigenvalue weighted by atomic mass is 9.97. The van der Waals surface area contributed by atoms with Crippen LogP contribution < -0.4 is 10.6 Å². The van der Waals surface area contributed by atoms with Gasteiger partial charge in [-0.25, -0.2) is 4.79 Å². The molecule has 0 radical (unpaired) electrons. The summed E-state index contributed by atoms with van der Waals surface area (Å²) in [6.07, 6.45) is 0. The molecule has 0 aromatic heterocycles. The zero-order chi connectivity index (χ0) is 14.0. The molecule has 1 saturated heterocycles. The third-order valence-electron chi connectivity index (χ3n) is 3.33. The summed E-state index contributed by atoms with van der Waals surface area (Å²) in [5, 5.41) is 15.1. The van der Waals surface area contributed by atoms with Crippen molar-refractivity contribution in [3.05, 3.63) is 28.8 Å². The summed E-state index contributed by atoms with van der Waals surface area (Å²) < 4.78 is 0. The quantitative estimate of drug-likeness (QED) is 0.790. The molecule has 0 saturated carbocycles. The molecule has 5 nitrogen and oxygen atoms in total. The Morgan fingerprint density at radius 1 is 1.42 bits per heavy atom. The van der Waals surface area contributed by atoms with Crippen molar-refractivity contribution in [2.45, 2.75) is 6.92 Å². The molecule has 2 atom stereocenters. The van der Waals surface area contributed by atoms with Gasteiger partial charge in [0, 0.05) is 6.54 Å². The van der Waals surface area contributed by atoms with Gasteiger partial charge >= 0.3 is 5.97 Å². The van der Waals surface area contributed by atoms with Gasteiger partial charge in [-0.3, -0.25) is 4.79 Å². The van der Waals surface area contributed by atoms with Crippen molar-refractivity contribution >= 4 is 29.2 Å². The predicted octanol–water partition coefficient (Wildman–Crippen LogP) is 1.83. The number of halogens is 1. The number of hydrogen-bond acceptors (Lipinski definition) is 3. The van der Waals surface area contributed by atoms with Crippen molar-refractivity contribution in [1.82, 2.24) is 5.32 Å². The fourth-order valence-electron chi connectivity index (χ4n) is 2.14. The largest absolute Gasteiger partial charge is 0.478 e. The zero-order valence-corrected chi connectivity index (χ0v) is 11.2. The highest BCUT2D eigenvalue weighted by Gasteiger charge is 2.29. The van der Waals surface area contributed by atoms with Crippen molar-refractivity contribution in [1.29, 1.82) is 0 Å². The monoisotopic (exact) mass is 282 g/mol. The van der Waals surface area contributed by atoms with Crippen LogP contribution in [0.25, 0.3) is 0 Å². The fourth-order valence-corrected chi connectivity index (χ4v) is 2.31. The summed E-state index contributed by atoms with van der Waals surface area (Å²) in [4.78, 5) is 23.0. The van der Waals surface area contributed by atoms with Crippen LogP contribution in [-0.4, -0.2) is 30.1 Å². The lowest BCUT2D eigenvalue weighted by Crippen LogP contribution is -2.28. The standard InChI is InChI=1S/C13H15ClN2O3/c1-7-5-15-6-9(7)12(17)16-11-4-8(13(18)19)2-3-10(11)14/h2-4,7,9,15H,5-6H2,1H3,(H,16,17)(H,18,19). The van der Waals surface area contributed by atoms with Crippen LogP contribution in [0, 0.1) is 11.8 Å². The van der Waals surface area contributed by atoms with Crippen LogP contribution in [0.2, 0.25) is 5.02 Å². The van der Waals surface area contributed by atoms with E-state index in [9.17, 15) is 9.59 Å². The van der Waals surface area contributed by atoms with Gasteiger partial charge in [-0.05, 0) is 30.7 Å². The summed E-state index contributed by atoms with van der Waals surface area (Å²) in [7, 11) is 0. The Kier molecular flexibility index (Phi) is 4.07. The first-order valence-electron chi connectivity index (χ1n) is 6.03. The highest BCUT2D eigenvalue weighted by Crippen LogP contribution is 2.25. The molecule has 0 aliphatic carbocycles. The molecule has 1 heterocycles. The highest BCUT2D eigenvalue weighted by molar-refractivity contribution is 6.33. The molecule has 2 rings (SSSR count). The second-order valence-electron chi connectivity index (χ2n) is 4.73. The Morgan fingerprint density at radius 2 is 2.16 bits per heavy atom. The maximum absolute atomic E-state index is 12.1. The van der Waals surface area contributed by atoms with Crippen LogP contribution >= 0.6 is 11.6 Å². The van der Waals surface area contributed by atoms with E-state index in [-0.39, 0.29) is 23.3 Å². The Balaban J connectivity index is 2.16. The third-order valence-corrected chi connectivity index (χ3v) is 3.65. The summed E-state index contributed by atoms with van der Waals surface area (Å²) >= 11 is 5.96. The van der Waals surface area contributed by atoms with Gasteiger partial charge < -0.3 is 15.7 Å². The van der Waals surface area contributed by atoms with E-state index in [1.807, 2.05) is 6.92 Å². The smallest absolute Gasteiger partial charge is 0.335 e. The van der Waals surface area contributed by atoms with Crippen molar-refractivity contribution < 1.29 is 14.7 Å². The number of hydrogen-bond donors (Lipinski definition) is 3. The Bertz CT molecular complexity index is 519. The molecule has 1 amide bonds. The van der Waals surface area contributed by atoms with Gasteiger partial charge in [-0.2, -0.15) is 0 Å². The van der Waals surface area contributed by atoms with Crippen LogP contribution in [-0.2, 0) is 4.79 Å². The first-order chi connectivity index (χ1) is 8.99. The van der Waals surface area contributed by atoms with E-state index < -0.39 is 5.97 Å². The fraction of sp³-hybridized carbons (Fsp3) is 0.385. The van der Waals surface area contributed by atoms with Gasteiger partial charge in [0.1, 0.15) is 0 Å². The Labute approximate surface area is 116 Å². The molecule has 102 valence electrons. The molecule has 6 heteroatoms. The van der Waals surface area contributed by atoms with Crippen molar-refractivity contribution in [2.75, 3.05) is 18.4 Å². The molecule has 0 spiro atoms. The van der Waals surface area contributed by atoms with E-state index in [1.54, 1.807) is 0 Å². The number of rotatable bonds is 3. The van der Waals surface area contributed by atoms with E-state index in [4.69, 9.17) is 16.7 Å². The topological polar surface area (TPSA) is 78.4 Å². The summed E-state index contributed by atoms with van der Waals surface area (Å²) in [6.45, 7) is 3.43. The highest BCUT2D eigenvalue weighted by atomic mass is 35.5.